The minimum absolute atomic E-state index is 0.00421. The van der Waals surface area contributed by atoms with Crippen LogP contribution in [0.1, 0.15) is 41.1 Å². The van der Waals surface area contributed by atoms with Gasteiger partial charge in [-0.3, -0.25) is 29.6 Å². The molecule has 2 aliphatic carbocycles. The Hall–Kier alpha value is -5.31. The number of hydrazine groups is 2. The second-order valence-corrected chi connectivity index (χ2v) is 16.0. The number of hydrogen-bond acceptors (Lipinski definition) is 9. The molecule has 1 aromatic heterocycles. The van der Waals surface area contributed by atoms with E-state index < -0.39 is 76.3 Å². The largest absolute Gasteiger partial charge is 0.508 e. The second kappa shape index (κ2) is 14.2. The van der Waals surface area contributed by atoms with Crippen LogP contribution in [0, 0.1) is 30.6 Å². The number of imide groups is 2. The van der Waals surface area contributed by atoms with Gasteiger partial charge in [-0.25, -0.2) is 4.98 Å². The van der Waals surface area contributed by atoms with Gasteiger partial charge in [0.2, 0.25) is 0 Å². The number of carbonyl (C=O) groups excluding carboxylic acids is 4. The number of rotatable bonds is 7. The van der Waals surface area contributed by atoms with Gasteiger partial charge in [0.15, 0.2) is 5.82 Å². The Kier molecular flexibility index (Phi) is 9.68. The molecule has 11 nitrogen and oxygen atoms in total. The molecule has 2 aliphatic heterocycles. The fraction of sp³-hybridized carbons (Fsp3) is 0.293. The zero-order valence-corrected chi connectivity index (χ0v) is 33.1. The highest BCUT2D eigenvalue weighted by atomic mass is 35.5. The number of nitrogens with zero attached hydrogens (tertiary/aromatic N) is 4. The van der Waals surface area contributed by atoms with Crippen molar-refractivity contribution in [3.05, 3.63) is 122 Å². The highest BCUT2D eigenvalue weighted by molar-refractivity contribution is 6.36. The van der Waals surface area contributed by atoms with Crippen molar-refractivity contribution in [1.82, 2.24) is 15.0 Å². The van der Waals surface area contributed by atoms with Gasteiger partial charge in [0.25, 0.3) is 23.6 Å². The molecule has 0 unspecified atom stereocenters. The summed E-state index contributed by atoms with van der Waals surface area (Å²) in [6.45, 7) is 1.69. The van der Waals surface area contributed by atoms with Crippen LogP contribution in [-0.4, -0.2) is 57.9 Å². The van der Waals surface area contributed by atoms with E-state index in [1.54, 1.807) is 49.4 Å². The number of phenols is 1. The van der Waals surface area contributed by atoms with Gasteiger partial charge in [-0.05, 0) is 90.9 Å². The van der Waals surface area contributed by atoms with Crippen LogP contribution in [0.15, 0.2) is 84.4 Å². The Morgan fingerprint density at radius 2 is 1.64 bits per heavy atom. The highest BCUT2D eigenvalue weighted by Gasteiger charge is 2.70. The number of aryl methyl sites for hydroxylation is 1. The maximum absolute atomic E-state index is 15.4. The molecule has 4 aromatic rings. The number of aromatic hydroxyl groups is 1. The monoisotopic (exact) mass is 853 g/mol. The van der Waals surface area contributed by atoms with Crippen molar-refractivity contribution in [3.8, 4) is 11.5 Å². The van der Waals surface area contributed by atoms with Gasteiger partial charge in [-0.2, -0.15) is 23.2 Å². The zero-order chi connectivity index (χ0) is 41.6. The number of fused-ring (bicyclic) bond motifs is 4. The van der Waals surface area contributed by atoms with Crippen molar-refractivity contribution in [1.29, 1.82) is 0 Å². The number of allylic oxidation sites excluding steroid dienone is 2. The molecule has 6 atom stereocenters. The Labute approximate surface area is 344 Å². The van der Waals surface area contributed by atoms with E-state index >= 15 is 4.79 Å². The summed E-state index contributed by atoms with van der Waals surface area (Å²) < 4.78 is 46.6. The molecule has 17 heteroatoms. The molecular weight excluding hydrogens is 822 g/mol. The molecule has 2 N–H and O–H groups in total. The summed E-state index contributed by atoms with van der Waals surface area (Å²) in [5.74, 6) is -7.51. The molecule has 4 amide bonds. The number of hydrogen-bond donors (Lipinski definition) is 2. The first-order chi connectivity index (χ1) is 27.5. The lowest BCUT2D eigenvalue weighted by molar-refractivity contribution is -0.142. The molecule has 3 heterocycles. The van der Waals surface area contributed by atoms with Gasteiger partial charge >= 0.3 is 6.18 Å². The lowest BCUT2D eigenvalue weighted by Gasteiger charge is -2.50. The van der Waals surface area contributed by atoms with Crippen LogP contribution in [-0.2, 0) is 30.8 Å². The van der Waals surface area contributed by atoms with Crippen LogP contribution in [0.5, 0.6) is 11.5 Å². The number of phenolic OH excluding ortho intramolecular Hbond substituents is 1. The molecular formula is C41H33Cl3F3N5O6. The number of aromatic nitrogens is 1. The highest BCUT2D eigenvalue weighted by Crippen LogP contribution is 2.64. The van der Waals surface area contributed by atoms with Gasteiger partial charge in [0, 0.05) is 18.0 Å². The maximum atomic E-state index is 15.4. The lowest BCUT2D eigenvalue weighted by Crippen LogP contribution is -2.53. The van der Waals surface area contributed by atoms with Crippen LogP contribution >= 0.6 is 34.8 Å². The molecule has 3 aromatic carbocycles. The van der Waals surface area contributed by atoms with Crippen molar-refractivity contribution >= 4 is 69.9 Å². The Morgan fingerprint density at radius 1 is 0.914 bits per heavy atom. The number of anilines is 2. The predicted octanol–water partition coefficient (Wildman–Crippen LogP) is 8.12. The number of carbonyl (C=O) groups is 4. The van der Waals surface area contributed by atoms with E-state index in [0.717, 1.165) is 21.1 Å². The molecule has 58 heavy (non-hydrogen) atoms. The number of nitrogens with one attached hydrogen (secondary N) is 1. The van der Waals surface area contributed by atoms with E-state index in [1.165, 1.54) is 32.4 Å². The summed E-state index contributed by atoms with van der Waals surface area (Å²) in [5, 5.41) is 13.5. The summed E-state index contributed by atoms with van der Waals surface area (Å²) >= 11 is 19.0. The fourth-order valence-electron chi connectivity index (χ4n) is 9.27. The second-order valence-electron chi connectivity index (χ2n) is 14.8. The summed E-state index contributed by atoms with van der Waals surface area (Å²) in [5.41, 5.74) is 2.37. The minimum Gasteiger partial charge on any atom is -0.508 e. The average molecular weight is 855 g/mol. The SMILES string of the molecule is COc1ccc([C@@]23C(=O)N(Nc4ccc(Cl)cc4Cl)C(=O)[C@@H]2C[C@@H]2C(=CC[C@@H]4C(=O)N(N(C)c5nc(C(F)(F)F)ccc5Cl)C(=O)[C@@H]42)[C@@H]3c2ccc(O)c(C)c2)cc1. The average Bonchev–Trinajstić information content (AvgIpc) is 3.57. The first-order valence-corrected chi connectivity index (χ1v) is 19.2. The number of halogens is 6. The number of benzene rings is 3. The molecule has 2 saturated heterocycles. The normalized spacial score (nSPS) is 25.3. The van der Waals surface area contributed by atoms with E-state index in [9.17, 15) is 32.7 Å². The summed E-state index contributed by atoms with van der Waals surface area (Å²) in [7, 11) is 2.73. The smallest absolute Gasteiger partial charge is 0.433 e. The molecule has 3 fully saturated rings. The summed E-state index contributed by atoms with van der Waals surface area (Å²) in [6.07, 6.45) is -3.04. The van der Waals surface area contributed by atoms with Gasteiger partial charge in [-0.1, -0.05) is 70.7 Å². The summed E-state index contributed by atoms with van der Waals surface area (Å²) in [4.78, 5) is 62.9. The van der Waals surface area contributed by atoms with Gasteiger partial charge in [-0.15, -0.1) is 0 Å². The van der Waals surface area contributed by atoms with Gasteiger partial charge < -0.3 is 9.84 Å². The first kappa shape index (κ1) is 39.5. The number of amides is 4. The van der Waals surface area contributed by atoms with E-state index in [4.69, 9.17) is 39.5 Å². The Morgan fingerprint density at radius 3 is 2.29 bits per heavy atom. The summed E-state index contributed by atoms with van der Waals surface area (Å²) in [6, 6.07) is 17.9. The third-order valence-electron chi connectivity index (χ3n) is 11.8. The quantitative estimate of drug-likeness (QED) is 0.140. The molecule has 0 radical (unpaired) electrons. The molecule has 4 aliphatic rings. The molecule has 0 bridgehead atoms. The van der Waals surface area contributed by atoms with Crippen molar-refractivity contribution in [2.45, 2.75) is 37.3 Å². The molecule has 1 saturated carbocycles. The van der Waals surface area contributed by atoms with E-state index in [0.29, 0.717) is 39.1 Å². The van der Waals surface area contributed by atoms with Crippen molar-refractivity contribution in [2.75, 3.05) is 24.6 Å². The third-order valence-corrected chi connectivity index (χ3v) is 12.7. The minimum atomic E-state index is -4.83. The molecule has 0 spiro atoms. The van der Waals surface area contributed by atoms with Gasteiger partial charge in [0.1, 0.15) is 17.2 Å². The Balaban J connectivity index is 1.29. The van der Waals surface area contributed by atoms with Crippen LogP contribution in [0.3, 0.4) is 0 Å². The number of ether oxygens (including phenoxy) is 1. The van der Waals surface area contributed by atoms with Crippen molar-refractivity contribution in [3.63, 3.8) is 0 Å². The van der Waals surface area contributed by atoms with E-state index in [1.807, 2.05) is 6.08 Å². The third kappa shape index (κ3) is 5.98. The zero-order valence-electron chi connectivity index (χ0n) is 30.9. The van der Waals surface area contributed by atoms with Crippen LogP contribution in [0.25, 0.3) is 0 Å². The Bertz CT molecular complexity index is 2450. The van der Waals surface area contributed by atoms with Crippen LogP contribution in [0.2, 0.25) is 15.1 Å². The topological polar surface area (TPSA) is 132 Å². The van der Waals surface area contributed by atoms with Crippen LogP contribution in [0.4, 0.5) is 24.7 Å². The van der Waals surface area contributed by atoms with Crippen molar-refractivity contribution in [2.24, 2.45) is 23.7 Å². The van der Waals surface area contributed by atoms with Crippen LogP contribution < -0.4 is 15.2 Å². The fourth-order valence-corrected chi connectivity index (χ4v) is 9.94. The molecule has 300 valence electrons. The first-order valence-electron chi connectivity index (χ1n) is 18.1. The number of methoxy groups -OCH3 is 1. The number of alkyl halides is 3. The molecule has 8 rings (SSSR count). The van der Waals surface area contributed by atoms with E-state index in [-0.39, 0.29) is 34.3 Å². The van der Waals surface area contributed by atoms with Gasteiger partial charge in [0.05, 0.1) is 46.0 Å². The standard InChI is InChI=1S/C41H33Cl3F3N5O6/c1-19-16-20(4-14-31(19)53)34-24-10-11-25-33(38(56)52(36(25)54)50(2)35-28(43)12-15-32(48-35)41(45,46)47)26(24)18-27-37(55)51(49-30-13-7-22(42)17-29(30)44)39(57)40(27,34)21-5-8-23(58-3)9-6-21/h4-10,12-17,25-27,33-34,49,53H,11,18H2,1-3H3/t25-,26+,27-,33-,34-,40+/m0/s1. The van der Waals surface area contributed by atoms with E-state index in [2.05, 4.69) is 10.4 Å². The maximum Gasteiger partial charge on any atom is 0.433 e. The predicted molar refractivity (Wildman–Crippen MR) is 208 cm³/mol. The lowest BCUT2D eigenvalue weighted by atomic mass is 9.49. The number of pyridine rings is 1. The van der Waals surface area contributed by atoms with Crippen molar-refractivity contribution < 1.29 is 42.2 Å².